The lowest BCUT2D eigenvalue weighted by atomic mass is 15.8. The molecule has 0 saturated carbocycles. The molecule has 0 heterocycles. The largest absolute Gasteiger partial charge is 0.466 e. The molecule has 0 aliphatic carbocycles. The maximum Gasteiger partial charge on any atom is 0.466 e. The van der Waals surface area contributed by atoms with E-state index in [9.17, 15) is 0 Å². The average Bonchev–Trinajstić information content (AvgIpc) is 1.12. The fraction of sp³-hybridized carbons (Fsp3) is 0. The monoisotopic (exact) mass is 324 g/mol. The predicted octanol–water partition coefficient (Wildman–Crippen LogP) is -1.24. The number of rotatable bonds is 0. The van der Waals surface area contributed by atoms with E-state index in [4.69, 9.17) is 38.5 Å². The average molecular weight is 324 g/mol. The van der Waals surface area contributed by atoms with Crippen molar-refractivity contribution < 1.29 is 38.5 Å². The minimum absolute atomic E-state index is 0. The highest BCUT2D eigenvalue weighted by Crippen LogP contribution is 2.26. The van der Waals surface area contributed by atoms with Crippen LogP contribution in [-0.2, 0) is 9.13 Å². The Morgan fingerprint density at radius 1 is 0.636 bits per heavy atom. The molecular weight excluding hydrogens is 317 g/mol. The Bertz CT molecular complexity index is 124. The van der Waals surface area contributed by atoms with Crippen molar-refractivity contribution in [2.24, 2.45) is 0 Å². The first-order chi connectivity index (χ1) is 4.00. The Kier molecular flexibility index (Phi) is 10.5. The third-order valence-corrected chi connectivity index (χ3v) is 0. The van der Waals surface area contributed by atoms with Gasteiger partial charge in [0.25, 0.3) is 0 Å². The summed E-state index contributed by atoms with van der Waals surface area (Å²) in [5.74, 6) is 0. The Morgan fingerprint density at radius 3 is 0.636 bits per heavy atom. The van der Waals surface area contributed by atoms with Crippen LogP contribution in [0.25, 0.3) is 0 Å². The van der Waals surface area contributed by atoms with E-state index in [0.29, 0.717) is 0 Å². The van der Waals surface area contributed by atoms with Gasteiger partial charge in [-0.1, -0.05) is 0 Å². The minimum atomic E-state index is -4.64. The van der Waals surface area contributed by atoms with Crippen LogP contribution in [0.2, 0.25) is 0 Å². The van der Waals surface area contributed by atoms with E-state index in [1.54, 1.807) is 0 Å². The van der Waals surface area contributed by atoms with Gasteiger partial charge in [-0.15, -0.1) is 24.0 Å². The fourth-order valence-electron chi connectivity index (χ4n) is 0. The van der Waals surface area contributed by atoms with E-state index in [-0.39, 0.29) is 24.0 Å². The lowest BCUT2D eigenvalue weighted by Crippen LogP contribution is -1.66. The molecule has 0 amide bonds. The van der Waals surface area contributed by atoms with Crippen LogP contribution in [0.5, 0.6) is 0 Å². The number of halogens is 1. The number of phosphoric acid groups is 2. The molecule has 6 N–H and O–H groups in total. The topological polar surface area (TPSA) is 156 Å². The fourth-order valence-corrected chi connectivity index (χ4v) is 0. The van der Waals surface area contributed by atoms with Crippen LogP contribution in [0, 0.1) is 0 Å². The summed E-state index contributed by atoms with van der Waals surface area (Å²) in [7, 11) is -9.28. The van der Waals surface area contributed by atoms with Gasteiger partial charge in [0.05, 0.1) is 0 Å². The van der Waals surface area contributed by atoms with Crippen molar-refractivity contribution in [3.8, 4) is 0 Å². The van der Waals surface area contributed by atoms with Gasteiger partial charge in [-0.05, 0) is 0 Å². The molecule has 0 atom stereocenters. The van der Waals surface area contributed by atoms with E-state index in [1.165, 1.54) is 0 Å². The summed E-state index contributed by atoms with van der Waals surface area (Å²) >= 11 is 0. The van der Waals surface area contributed by atoms with Crippen LogP contribution in [0.4, 0.5) is 0 Å². The number of hydrogen-bond donors (Lipinski definition) is 6. The molecule has 11 heteroatoms. The van der Waals surface area contributed by atoms with E-state index in [1.807, 2.05) is 0 Å². The van der Waals surface area contributed by atoms with Crippen molar-refractivity contribution in [3.05, 3.63) is 0 Å². The lowest BCUT2D eigenvalue weighted by molar-refractivity contribution is 0.272. The first-order valence-electron chi connectivity index (χ1n) is 1.57. The second-order valence-corrected chi connectivity index (χ2v) is 3.08. The van der Waals surface area contributed by atoms with Gasteiger partial charge in [-0.3, -0.25) is 0 Å². The van der Waals surface area contributed by atoms with E-state index < -0.39 is 15.6 Å². The van der Waals surface area contributed by atoms with Crippen molar-refractivity contribution in [1.82, 2.24) is 0 Å². The zero-order valence-electron chi connectivity index (χ0n) is 4.80. The highest BCUT2D eigenvalue weighted by Gasteiger charge is 2.00. The zero-order valence-corrected chi connectivity index (χ0v) is 8.92. The lowest BCUT2D eigenvalue weighted by Gasteiger charge is -1.82. The molecule has 0 aliphatic heterocycles. The molecule has 0 bridgehead atoms. The van der Waals surface area contributed by atoms with Gasteiger partial charge in [0.1, 0.15) is 0 Å². The van der Waals surface area contributed by atoms with Crippen LogP contribution in [0.15, 0.2) is 0 Å². The van der Waals surface area contributed by atoms with Gasteiger partial charge in [-0.2, -0.15) is 0 Å². The Hall–Kier alpha value is 0.950. The van der Waals surface area contributed by atoms with Crippen LogP contribution in [-0.4, -0.2) is 29.4 Å². The SMILES string of the molecule is I.O=P(O)(O)O.O=P(O)(O)O. The summed E-state index contributed by atoms with van der Waals surface area (Å²) in [6.45, 7) is 0. The second kappa shape index (κ2) is 6.46. The molecule has 0 aromatic rings. The second-order valence-electron chi connectivity index (χ2n) is 1.03. The molecule has 0 spiro atoms. The molecule has 0 aromatic carbocycles. The van der Waals surface area contributed by atoms with Crippen molar-refractivity contribution in [3.63, 3.8) is 0 Å². The molecular formula is H7IO8P2. The Morgan fingerprint density at radius 2 is 0.636 bits per heavy atom. The summed E-state index contributed by atoms with van der Waals surface area (Å²) in [6, 6.07) is 0. The summed E-state index contributed by atoms with van der Waals surface area (Å²) in [4.78, 5) is 43.1. The molecule has 0 radical (unpaired) electrons. The first kappa shape index (κ1) is 17.9. The van der Waals surface area contributed by atoms with Gasteiger partial charge >= 0.3 is 15.6 Å². The third-order valence-electron chi connectivity index (χ3n) is 0. The summed E-state index contributed by atoms with van der Waals surface area (Å²) in [5, 5.41) is 0. The molecule has 0 unspecified atom stereocenters. The maximum absolute atomic E-state index is 8.88. The molecule has 0 saturated heterocycles. The summed E-state index contributed by atoms with van der Waals surface area (Å²) in [5.41, 5.74) is 0. The standard InChI is InChI=1S/HI.2H3O4P/c;2*1-5(2,3)4/h1H;2*(H3,1,2,3,4). The Labute approximate surface area is 78.4 Å². The molecule has 0 fully saturated rings. The van der Waals surface area contributed by atoms with E-state index in [0.717, 1.165) is 0 Å². The highest BCUT2D eigenvalue weighted by molar-refractivity contribution is 14.0. The molecule has 72 valence electrons. The maximum atomic E-state index is 8.88. The van der Waals surface area contributed by atoms with Crippen molar-refractivity contribution in [1.29, 1.82) is 0 Å². The van der Waals surface area contributed by atoms with Crippen molar-refractivity contribution in [2.45, 2.75) is 0 Å². The van der Waals surface area contributed by atoms with Gasteiger partial charge in [0.15, 0.2) is 0 Å². The summed E-state index contributed by atoms with van der Waals surface area (Å²) < 4.78 is 17.8. The van der Waals surface area contributed by atoms with E-state index >= 15 is 0 Å². The predicted molar refractivity (Wildman–Crippen MR) is 43.9 cm³/mol. The van der Waals surface area contributed by atoms with Gasteiger partial charge in [-0.25, -0.2) is 9.13 Å². The smallest absolute Gasteiger partial charge is 0.303 e. The Balaban J connectivity index is -0.000000107. The summed E-state index contributed by atoms with van der Waals surface area (Å²) in [6.07, 6.45) is 0. The van der Waals surface area contributed by atoms with Crippen molar-refractivity contribution in [2.75, 3.05) is 0 Å². The molecule has 0 aliphatic rings. The molecule has 11 heavy (non-hydrogen) atoms. The van der Waals surface area contributed by atoms with Gasteiger partial charge < -0.3 is 29.4 Å². The molecule has 8 nitrogen and oxygen atoms in total. The first-order valence-corrected chi connectivity index (χ1v) is 4.70. The van der Waals surface area contributed by atoms with Gasteiger partial charge in [0, 0.05) is 0 Å². The van der Waals surface area contributed by atoms with Gasteiger partial charge in [0.2, 0.25) is 0 Å². The van der Waals surface area contributed by atoms with Crippen LogP contribution in [0.1, 0.15) is 0 Å². The normalized spacial score (nSPS) is 10.7. The minimum Gasteiger partial charge on any atom is -0.303 e. The molecule has 0 aromatic heterocycles. The highest BCUT2D eigenvalue weighted by atomic mass is 127. The van der Waals surface area contributed by atoms with E-state index in [2.05, 4.69) is 0 Å². The quantitative estimate of drug-likeness (QED) is 0.239. The third kappa shape index (κ3) is 972. The van der Waals surface area contributed by atoms with Crippen LogP contribution >= 0.6 is 39.6 Å². The number of hydrogen-bond acceptors (Lipinski definition) is 2. The molecule has 0 rings (SSSR count). The zero-order chi connectivity index (χ0) is 9.00. The van der Waals surface area contributed by atoms with Crippen molar-refractivity contribution >= 4 is 39.6 Å². The van der Waals surface area contributed by atoms with Crippen LogP contribution in [0.3, 0.4) is 0 Å². The van der Waals surface area contributed by atoms with Crippen LogP contribution < -0.4 is 0 Å².